The first-order chi connectivity index (χ1) is 13.5. The molecule has 6 heteroatoms. The summed E-state index contributed by atoms with van der Waals surface area (Å²) >= 11 is 3.35. The number of halogens is 1. The molecule has 0 spiro atoms. The molecule has 3 aromatic carbocycles. The van der Waals surface area contributed by atoms with Crippen molar-refractivity contribution in [1.29, 1.82) is 0 Å². The van der Waals surface area contributed by atoms with Crippen LogP contribution < -0.4 is 14.8 Å². The van der Waals surface area contributed by atoms with Crippen LogP contribution in [0.15, 0.2) is 71.2 Å². The van der Waals surface area contributed by atoms with Crippen LogP contribution in [0.1, 0.15) is 26.3 Å². The Morgan fingerprint density at radius 1 is 0.821 bits per heavy atom. The molecule has 0 aliphatic rings. The Morgan fingerprint density at radius 2 is 1.39 bits per heavy atom. The summed E-state index contributed by atoms with van der Waals surface area (Å²) in [6.45, 7) is 0. The van der Waals surface area contributed by atoms with Gasteiger partial charge < -0.3 is 14.8 Å². The zero-order valence-electron chi connectivity index (χ0n) is 15.4. The van der Waals surface area contributed by atoms with E-state index in [1.807, 2.05) is 0 Å². The molecule has 0 aliphatic carbocycles. The van der Waals surface area contributed by atoms with E-state index >= 15 is 0 Å². The molecule has 3 aromatic rings. The second kappa shape index (κ2) is 8.71. The summed E-state index contributed by atoms with van der Waals surface area (Å²) in [6.07, 6.45) is 0. The van der Waals surface area contributed by atoms with Crippen LogP contribution in [-0.4, -0.2) is 25.9 Å². The zero-order chi connectivity index (χ0) is 20.1. The van der Waals surface area contributed by atoms with E-state index in [2.05, 4.69) is 21.2 Å². The average molecular weight is 440 g/mol. The maximum atomic E-state index is 12.9. The van der Waals surface area contributed by atoms with Crippen molar-refractivity contribution in [1.82, 2.24) is 0 Å². The summed E-state index contributed by atoms with van der Waals surface area (Å²) in [7, 11) is 3.07. The van der Waals surface area contributed by atoms with E-state index in [1.54, 1.807) is 66.7 Å². The Hall–Kier alpha value is -3.12. The lowest BCUT2D eigenvalue weighted by Gasteiger charge is -2.12. The monoisotopic (exact) mass is 439 g/mol. The summed E-state index contributed by atoms with van der Waals surface area (Å²) in [6, 6.07) is 18.8. The quantitative estimate of drug-likeness (QED) is 0.551. The molecule has 1 N–H and O–H groups in total. The van der Waals surface area contributed by atoms with E-state index in [1.165, 1.54) is 14.2 Å². The lowest BCUT2D eigenvalue weighted by Crippen LogP contribution is -2.17. The summed E-state index contributed by atoms with van der Waals surface area (Å²) in [5.74, 6) is 0.487. The van der Waals surface area contributed by atoms with Crippen LogP contribution in [0.25, 0.3) is 0 Å². The molecule has 5 nitrogen and oxygen atoms in total. The number of ketones is 1. The Morgan fingerprint density at radius 3 is 1.96 bits per heavy atom. The lowest BCUT2D eigenvalue weighted by molar-refractivity contribution is 0.0996. The number of methoxy groups -OCH3 is 2. The highest BCUT2D eigenvalue weighted by Crippen LogP contribution is 2.26. The molecule has 0 unspecified atom stereocenters. The molecule has 0 saturated heterocycles. The van der Waals surface area contributed by atoms with E-state index in [0.29, 0.717) is 28.3 Å². The van der Waals surface area contributed by atoms with Gasteiger partial charge in [0.1, 0.15) is 11.5 Å². The summed E-state index contributed by atoms with van der Waals surface area (Å²) in [5, 5.41) is 2.80. The molecule has 0 fully saturated rings. The molecule has 142 valence electrons. The minimum absolute atomic E-state index is 0.221. The predicted molar refractivity (Wildman–Crippen MR) is 112 cm³/mol. The Labute approximate surface area is 171 Å². The van der Waals surface area contributed by atoms with Crippen molar-refractivity contribution in [3.8, 4) is 11.5 Å². The summed E-state index contributed by atoms with van der Waals surface area (Å²) in [4.78, 5) is 25.8. The second-order valence-electron chi connectivity index (χ2n) is 5.94. The van der Waals surface area contributed by atoms with Gasteiger partial charge in [0, 0.05) is 39.5 Å². The van der Waals surface area contributed by atoms with Gasteiger partial charge in [-0.25, -0.2) is 0 Å². The molecule has 0 radical (unpaired) electrons. The highest BCUT2D eigenvalue weighted by atomic mass is 79.9. The van der Waals surface area contributed by atoms with Gasteiger partial charge in [0.25, 0.3) is 5.91 Å². The summed E-state index contributed by atoms with van der Waals surface area (Å²) < 4.78 is 11.3. The lowest BCUT2D eigenvalue weighted by atomic mass is 9.98. The minimum Gasteiger partial charge on any atom is -0.497 e. The third kappa shape index (κ3) is 4.40. The minimum atomic E-state index is -0.392. The highest BCUT2D eigenvalue weighted by Gasteiger charge is 2.18. The first-order valence-corrected chi connectivity index (χ1v) is 9.25. The third-order valence-electron chi connectivity index (χ3n) is 4.13. The molecule has 3 rings (SSSR count). The van der Waals surface area contributed by atoms with Crippen LogP contribution in [-0.2, 0) is 0 Å². The first-order valence-electron chi connectivity index (χ1n) is 8.45. The van der Waals surface area contributed by atoms with Gasteiger partial charge in [-0.3, -0.25) is 9.59 Å². The van der Waals surface area contributed by atoms with Crippen LogP contribution in [0.3, 0.4) is 0 Å². The van der Waals surface area contributed by atoms with Crippen LogP contribution >= 0.6 is 15.9 Å². The smallest absolute Gasteiger partial charge is 0.256 e. The van der Waals surface area contributed by atoms with Gasteiger partial charge in [-0.2, -0.15) is 0 Å². The van der Waals surface area contributed by atoms with Gasteiger partial charge in [0.15, 0.2) is 5.78 Å². The first kappa shape index (κ1) is 19.6. The molecular weight excluding hydrogens is 422 g/mol. The van der Waals surface area contributed by atoms with Crippen LogP contribution in [0.5, 0.6) is 11.5 Å². The third-order valence-corrected chi connectivity index (χ3v) is 4.66. The van der Waals surface area contributed by atoms with E-state index in [-0.39, 0.29) is 11.3 Å². The van der Waals surface area contributed by atoms with Gasteiger partial charge in [-0.1, -0.05) is 34.1 Å². The van der Waals surface area contributed by atoms with Crippen molar-refractivity contribution in [2.24, 2.45) is 0 Å². The fourth-order valence-corrected chi connectivity index (χ4v) is 2.98. The van der Waals surface area contributed by atoms with Gasteiger partial charge >= 0.3 is 0 Å². The van der Waals surface area contributed by atoms with Crippen LogP contribution in [0.2, 0.25) is 0 Å². The number of ether oxygens (including phenoxy) is 2. The fourth-order valence-electron chi connectivity index (χ4n) is 2.71. The highest BCUT2D eigenvalue weighted by molar-refractivity contribution is 9.10. The summed E-state index contributed by atoms with van der Waals surface area (Å²) in [5.41, 5.74) is 1.63. The second-order valence-corrected chi connectivity index (χ2v) is 6.85. The number of rotatable bonds is 6. The van der Waals surface area contributed by atoms with Crippen LogP contribution in [0.4, 0.5) is 5.69 Å². The predicted octanol–water partition coefficient (Wildman–Crippen LogP) is 4.95. The number of carbonyl (C=O) groups excluding carboxylic acids is 2. The standard InChI is InChI=1S/C22H18BrNO4/c1-27-17-11-16(12-18(13-17)28-2)24-22(26)20-6-4-3-5-19(20)21(25)14-7-9-15(23)10-8-14/h3-13H,1-2H3,(H,24,26). The van der Waals surface area contributed by atoms with Gasteiger partial charge in [0.05, 0.1) is 19.8 Å². The molecule has 0 aliphatic heterocycles. The molecule has 28 heavy (non-hydrogen) atoms. The molecule has 0 aromatic heterocycles. The van der Waals surface area contributed by atoms with E-state index in [9.17, 15) is 9.59 Å². The Balaban J connectivity index is 1.91. The van der Waals surface area contributed by atoms with Crippen molar-refractivity contribution >= 4 is 33.3 Å². The zero-order valence-corrected chi connectivity index (χ0v) is 16.9. The molecule has 0 bridgehead atoms. The number of hydrogen-bond acceptors (Lipinski definition) is 4. The van der Waals surface area contributed by atoms with E-state index < -0.39 is 5.91 Å². The van der Waals surface area contributed by atoms with E-state index in [4.69, 9.17) is 9.47 Å². The molecule has 0 saturated carbocycles. The number of carbonyl (C=O) groups is 2. The van der Waals surface area contributed by atoms with Gasteiger partial charge in [-0.05, 0) is 30.3 Å². The Bertz CT molecular complexity index is 993. The number of hydrogen-bond donors (Lipinski definition) is 1. The molecule has 0 atom stereocenters. The molecule has 1 amide bonds. The van der Waals surface area contributed by atoms with Gasteiger partial charge in [0.2, 0.25) is 0 Å². The average Bonchev–Trinajstić information content (AvgIpc) is 2.73. The van der Waals surface area contributed by atoms with Crippen molar-refractivity contribution in [2.45, 2.75) is 0 Å². The van der Waals surface area contributed by atoms with Crippen molar-refractivity contribution in [2.75, 3.05) is 19.5 Å². The molecule has 0 heterocycles. The number of benzene rings is 3. The number of amides is 1. The van der Waals surface area contributed by atoms with Crippen molar-refractivity contribution in [3.63, 3.8) is 0 Å². The fraction of sp³-hybridized carbons (Fsp3) is 0.0909. The largest absolute Gasteiger partial charge is 0.497 e. The van der Waals surface area contributed by atoms with Crippen LogP contribution in [0, 0.1) is 0 Å². The topological polar surface area (TPSA) is 64.6 Å². The molecular formula is C22H18BrNO4. The number of nitrogens with one attached hydrogen (secondary N) is 1. The van der Waals surface area contributed by atoms with Crippen molar-refractivity contribution < 1.29 is 19.1 Å². The van der Waals surface area contributed by atoms with Crippen molar-refractivity contribution in [3.05, 3.63) is 87.9 Å². The Kier molecular flexibility index (Phi) is 6.11. The maximum absolute atomic E-state index is 12.9. The van der Waals surface area contributed by atoms with E-state index in [0.717, 1.165) is 4.47 Å². The van der Waals surface area contributed by atoms with Gasteiger partial charge in [-0.15, -0.1) is 0 Å². The maximum Gasteiger partial charge on any atom is 0.256 e. The number of anilines is 1. The normalized spacial score (nSPS) is 10.2. The SMILES string of the molecule is COc1cc(NC(=O)c2ccccc2C(=O)c2ccc(Br)cc2)cc(OC)c1.